The number of guanidine groups is 1. The first-order chi connectivity index (χ1) is 11.6. The second-order valence-corrected chi connectivity index (χ2v) is 6.17. The zero-order chi connectivity index (χ0) is 17.4. The largest absolute Gasteiger partial charge is 0.364 e. The van der Waals surface area contributed by atoms with Gasteiger partial charge in [0.05, 0.1) is 5.69 Å². The fourth-order valence-electron chi connectivity index (χ4n) is 2.56. The van der Waals surface area contributed by atoms with Gasteiger partial charge in [0.2, 0.25) is 5.91 Å². The summed E-state index contributed by atoms with van der Waals surface area (Å²) < 4.78 is 4.87. The fraction of sp³-hybridized carbons (Fsp3) is 0.688. The summed E-state index contributed by atoms with van der Waals surface area (Å²) in [5, 5.41) is 10.2. The highest BCUT2D eigenvalue weighted by Gasteiger charge is 2.20. The Labute approximate surface area is 166 Å². The van der Waals surface area contributed by atoms with Crippen molar-refractivity contribution >= 4 is 35.8 Å². The van der Waals surface area contributed by atoms with Gasteiger partial charge in [0, 0.05) is 64.8 Å². The molecule has 1 saturated heterocycles. The van der Waals surface area contributed by atoms with Crippen molar-refractivity contribution < 1.29 is 9.32 Å². The molecule has 0 radical (unpaired) electrons. The first-order valence-corrected chi connectivity index (χ1v) is 8.45. The highest BCUT2D eigenvalue weighted by atomic mass is 127. The van der Waals surface area contributed by atoms with Crippen LogP contribution >= 0.6 is 24.0 Å². The Morgan fingerprint density at radius 3 is 2.52 bits per heavy atom. The van der Waals surface area contributed by atoms with Crippen LogP contribution in [-0.2, 0) is 11.3 Å². The van der Waals surface area contributed by atoms with Crippen LogP contribution in [0.4, 0.5) is 0 Å². The zero-order valence-corrected chi connectivity index (χ0v) is 17.5. The molecule has 8 nitrogen and oxygen atoms in total. The van der Waals surface area contributed by atoms with Crippen molar-refractivity contribution in [2.75, 3.05) is 46.3 Å². The second kappa shape index (κ2) is 11.3. The quantitative estimate of drug-likeness (QED) is 0.280. The molecule has 25 heavy (non-hydrogen) atoms. The summed E-state index contributed by atoms with van der Waals surface area (Å²) in [5.74, 6) is 0.977. The van der Waals surface area contributed by atoms with E-state index in [1.807, 2.05) is 19.9 Å². The summed E-state index contributed by atoms with van der Waals surface area (Å²) in [4.78, 5) is 20.5. The minimum Gasteiger partial charge on any atom is -0.364 e. The SMILES string of the molecule is CN=C(NCCNC(=O)C(C)C)N1CCN(Cc2ccon2)CC1.I. The van der Waals surface area contributed by atoms with Gasteiger partial charge in [-0.3, -0.25) is 14.7 Å². The van der Waals surface area contributed by atoms with Gasteiger partial charge in [-0.15, -0.1) is 24.0 Å². The average Bonchev–Trinajstić information content (AvgIpc) is 3.08. The van der Waals surface area contributed by atoms with Gasteiger partial charge < -0.3 is 20.1 Å². The first-order valence-electron chi connectivity index (χ1n) is 8.45. The molecule has 1 aliphatic heterocycles. The van der Waals surface area contributed by atoms with Gasteiger partial charge >= 0.3 is 0 Å². The number of nitrogens with zero attached hydrogens (tertiary/aromatic N) is 4. The number of nitrogens with one attached hydrogen (secondary N) is 2. The Balaban J connectivity index is 0.00000312. The molecular weight excluding hydrogens is 435 g/mol. The maximum Gasteiger partial charge on any atom is 0.222 e. The van der Waals surface area contributed by atoms with E-state index in [4.69, 9.17) is 4.52 Å². The van der Waals surface area contributed by atoms with E-state index in [0.717, 1.165) is 44.4 Å². The van der Waals surface area contributed by atoms with Gasteiger partial charge in [0.1, 0.15) is 6.26 Å². The Bertz CT molecular complexity index is 527. The van der Waals surface area contributed by atoms with Crippen molar-refractivity contribution in [1.29, 1.82) is 0 Å². The Hall–Kier alpha value is -1.36. The van der Waals surface area contributed by atoms with Crippen LogP contribution < -0.4 is 10.6 Å². The van der Waals surface area contributed by atoms with E-state index in [9.17, 15) is 4.79 Å². The highest BCUT2D eigenvalue weighted by Crippen LogP contribution is 2.07. The van der Waals surface area contributed by atoms with Crippen LogP contribution in [0.5, 0.6) is 0 Å². The number of aliphatic imine (C=N–C) groups is 1. The van der Waals surface area contributed by atoms with Crippen LogP contribution in [0.1, 0.15) is 19.5 Å². The third kappa shape index (κ3) is 7.18. The Kier molecular flexibility index (Phi) is 9.79. The van der Waals surface area contributed by atoms with Gasteiger partial charge in [-0.2, -0.15) is 0 Å². The molecule has 1 amide bonds. The lowest BCUT2D eigenvalue weighted by atomic mass is 10.2. The number of hydrogen-bond donors (Lipinski definition) is 2. The van der Waals surface area contributed by atoms with Gasteiger partial charge in [0.15, 0.2) is 5.96 Å². The molecule has 1 aromatic rings. The highest BCUT2D eigenvalue weighted by molar-refractivity contribution is 14.0. The van der Waals surface area contributed by atoms with Crippen LogP contribution in [0, 0.1) is 5.92 Å². The van der Waals surface area contributed by atoms with Crippen LogP contribution in [0.25, 0.3) is 0 Å². The predicted octanol–water partition coefficient (Wildman–Crippen LogP) is 0.758. The number of piperazine rings is 1. The minimum absolute atomic E-state index is 0. The molecule has 0 spiro atoms. The maximum atomic E-state index is 11.5. The van der Waals surface area contributed by atoms with Crippen molar-refractivity contribution in [3.63, 3.8) is 0 Å². The normalized spacial score (nSPS) is 15.8. The molecular formula is C16H29IN6O2. The van der Waals surface area contributed by atoms with Crippen molar-refractivity contribution in [2.24, 2.45) is 10.9 Å². The summed E-state index contributed by atoms with van der Waals surface area (Å²) in [6.45, 7) is 9.60. The molecule has 0 saturated carbocycles. The van der Waals surface area contributed by atoms with E-state index in [1.165, 1.54) is 0 Å². The van der Waals surface area contributed by atoms with Crippen molar-refractivity contribution in [1.82, 2.24) is 25.6 Å². The Morgan fingerprint density at radius 2 is 1.96 bits per heavy atom. The van der Waals surface area contributed by atoms with E-state index in [2.05, 4.69) is 30.6 Å². The third-order valence-corrected chi connectivity index (χ3v) is 3.99. The molecule has 0 bridgehead atoms. The summed E-state index contributed by atoms with van der Waals surface area (Å²) in [5.41, 5.74) is 0.965. The van der Waals surface area contributed by atoms with Crippen LogP contribution in [-0.4, -0.2) is 73.1 Å². The average molecular weight is 464 g/mol. The van der Waals surface area contributed by atoms with E-state index in [-0.39, 0.29) is 35.8 Å². The van der Waals surface area contributed by atoms with Crippen LogP contribution in [0.2, 0.25) is 0 Å². The molecule has 1 fully saturated rings. The molecule has 0 unspecified atom stereocenters. The lowest BCUT2D eigenvalue weighted by Crippen LogP contribution is -2.53. The molecule has 0 aliphatic carbocycles. The van der Waals surface area contributed by atoms with E-state index in [0.29, 0.717) is 13.1 Å². The summed E-state index contributed by atoms with van der Waals surface area (Å²) in [6.07, 6.45) is 1.61. The number of carbonyl (C=O) groups excluding carboxylic acids is 1. The Morgan fingerprint density at radius 1 is 1.28 bits per heavy atom. The lowest BCUT2D eigenvalue weighted by Gasteiger charge is -2.36. The van der Waals surface area contributed by atoms with Gasteiger partial charge in [-0.1, -0.05) is 19.0 Å². The molecule has 2 heterocycles. The van der Waals surface area contributed by atoms with Crippen LogP contribution in [0.3, 0.4) is 0 Å². The standard InChI is InChI=1S/C16H28N6O2.HI/c1-13(2)15(23)18-5-6-19-16(17-3)22-9-7-21(8-10-22)12-14-4-11-24-20-14;/h4,11,13H,5-10,12H2,1-3H3,(H,17,19)(H,18,23);1H. The van der Waals surface area contributed by atoms with E-state index >= 15 is 0 Å². The maximum absolute atomic E-state index is 11.5. The number of aromatic nitrogens is 1. The first kappa shape index (κ1) is 21.7. The van der Waals surface area contributed by atoms with Crippen molar-refractivity contribution in [3.05, 3.63) is 18.0 Å². The number of halogens is 1. The summed E-state index contributed by atoms with van der Waals surface area (Å²) in [6, 6.07) is 1.90. The lowest BCUT2D eigenvalue weighted by molar-refractivity contribution is -0.123. The number of amides is 1. The van der Waals surface area contributed by atoms with Crippen molar-refractivity contribution in [2.45, 2.75) is 20.4 Å². The van der Waals surface area contributed by atoms with Gasteiger partial charge in [0.25, 0.3) is 0 Å². The molecule has 1 aromatic heterocycles. The third-order valence-electron chi connectivity index (χ3n) is 3.99. The molecule has 0 aromatic carbocycles. The molecule has 9 heteroatoms. The molecule has 1 aliphatic rings. The zero-order valence-electron chi connectivity index (χ0n) is 15.2. The topological polar surface area (TPSA) is 86.0 Å². The summed E-state index contributed by atoms with van der Waals surface area (Å²) >= 11 is 0. The molecule has 2 rings (SSSR count). The van der Waals surface area contributed by atoms with E-state index < -0.39 is 0 Å². The number of hydrogen-bond acceptors (Lipinski definition) is 5. The smallest absolute Gasteiger partial charge is 0.222 e. The monoisotopic (exact) mass is 464 g/mol. The predicted molar refractivity (Wildman–Crippen MR) is 108 cm³/mol. The van der Waals surface area contributed by atoms with Crippen LogP contribution in [0.15, 0.2) is 21.8 Å². The van der Waals surface area contributed by atoms with Crippen molar-refractivity contribution in [3.8, 4) is 0 Å². The minimum atomic E-state index is 0. The number of rotatable bonds is 6. The molecule has 142 valence electrons. The second-order valence-electron chi connectivity index (χ2n) is 6.17. The molecule has 0 atom stereocenters. The van der Waals surface area contributed by atoms with Gasteiger partial charge in [-0.05, 0) is 0 Å². The summed E-state index contributed by atoms with van der Waals surface area (Å²) in [7, 11) is 1.79. The van der Waals surface area contributed by atoms with E-state index in [1.54, 1.807) is 13.3 Å². The van der Waals surface area contributed by atoms with Gasteiger partial charge in [-0.25, -0.2) is 0 Å². The molecule has 2 N–H and O–H groups in total. The number of carbonyl (C=O) groups is 1. The fourth-order valence-corrected chi connectivity index (χ4v) is 2.56.